The number of likely N-dealkylation sites (N-methyl/N-ethyl adjacent to an activating group) is 1. The molecule has 0 radical (unpaired) electrons. The Morgan fingerprint density at radius 2 is 2.10 bits per heavy atom. The number of benzene rings is 1. The smallest absolute Gasteiger partial charge is 0.231 e. The van der Waals surface area contributed by atoms with Gasteiger partial charge in [-0.25, -0.2) is 0 Å². The number of carbonyl (C=O) groups is 1. The number of hydrogen-bond donors (Lipinski definition) is 2. The van der Waals surface area contributed by atoms with Crippen LogP contribution in [0.3, 0.4) is 0 Å². The van der Waals surface area contributed by atoms with Crippen molar-refractivity contribution >= 4 is 11.6 Å². The Bertz CT molecular complexity index is 438. The summed E-state index contributed by atoms with van der Waals surface area (Å²) in [5.41, 5.74) is 0.448. The maximum absolute atomic E-state index is 12.4. The highest BCUT2D eigenvalue weighted by molar-refractivity contribution is 5.94. The fourth-order valence-corrected chi connectivity index (χ4v) is 2.66. The monoisotopic (exact) mass is 275 g/mol. The summed E-state index contributed by atoms with van der Waals surface area (Å²) >= 11 is 0. The van der Waals surface area contributed by atoms with Crippen LogP contribution < -0.4 is 10.6 Å². The molecule has 1 unspecified atom stereocenters. The van der Waals surface area contributed by atoms with Crippen molar-refractivity contribution in [2.45, 2.75) is 26.3 Å². The predicted molar refractivity (Wildman–Crippen MR) is 82.8 cm³/mol. The molecule has 0 bridgehead atoms. The normalized spacial score (nSPS) is 19.3. The van der Waals surface area contributed by atoms with Gasteiger partial charge in [0.1, 0.15) is 0 Å². The molecular formula is C16H25N3O. The molecule has 4 heteroatoms. The lowest BCUT2D eigenvalue weighted by Gasteiger charge is -2.32. The van der Waals surface area contributed by atoms with Crippen molar-refractivity contribution in [3.05, 3.63) is 30.3 Å². The van der Waals surface area contributed by atoms with Gasteiger partial charge < -0.3 is 15.5 Å². The van der Waals surface area contributed by atoms with Gasteiger partial charge in [-0.3, -0.25) is 4.79 Å². The highest BCUT2D eigenvalue weighted by Gasteiger charge is 2.32. The fraction of sp³-hybridized carbons (Fsp3) is 0.562. The van der Waals surface area contributed by atoms with E-state index in [4.69, 9.17) is 0 Å². The molecule has 0 spiro atoms. The van der Waals surface area contributed by atoms with Crippen LogP contribution in [0.1, 0.15) is 20.3 Å². The Hall–Kier alpha value is -1.39. The van der Waals surface area contributed by atoms with E-state index in [1.807, 2.05) is 44.2 Å². The molecular weight excluding hydrogens is 250 g/mol. The van der Waals surface area contributed by atoms with E-state index in [9.17, 15) is 4.79 Å². The van der Waals surface area contributed by atoms with E-state index in [1.54, 1.807) is 0 Å². The summed E-state index contributed by atoms with van der Waals surface area (Å²) in [5.74, 6) is 0.0708. The third-order valence-electron chi connectivity index (χ3n) is 3.95. The van der Waals surface area contributed by atoms with Crippen LogP contribution >= 0.6 is 0 Å². The van der Waals surface area contributed by atoms with Crippen LogP contribution in [-0.4, -0.2) is 43.5 Å². The zero-order valence-corrected chi connectivity index (χ0v) is 12.6. The summed E-state index contributed by atoms with van der Waals surface area (Å²) in [4.78, 5) is 14.7. The minimum atomic E-state index is -0.410. The highest BCUT2D eigenvalue weighted by Crippen LogP contribution is 2.21. The van der Waals surface area contributed by atoms with Crippen molar-refractivity contribution in [1.29, 1.82) is 0 Å². The lowest BCUT2D eigenvalue weighted by molar-refractivity contribution is -0.125. The molecule has 0 aromatic heterocycles. The first-order chi connectivity index (χ1) is 9.49. The first-order valence-electron chi connectivity index (χ1n) is 7.26. The number of rotatable bonds is 5. The van der Waals surface area contributed by atoms with Gasteiger partial charge in [0, 0.05) is 24.8 Å². The van der Waals surface area contributed by atoms with E-state index in [0.717, 1.165) is 31.7 Å². The van der Waals surface area contributed by atoms with Gasteiger partial charge in [-0.2, -0.15) is 0 Å². The van der Waals surface area contributed by atoms with Crippen molar-refractivity contribution in [2.75, 3.05) is 32.0 Å². The van der Waals surface area contributed by atoms with E-state index in [0.29, 0.717) is 6.04 Å². The Morgan fingerprint density at radius 1 is 1.40 bits per heavy atom. The number of para-hydroxylation sites is 1. The number of amides is 1. The Labute approximate surface area is 121 Å². The van der Waals surface area contributed by atoms with E-state index in [2.05, 4.69) is 22.6 Å². The van der Waals surface area contributed by atoms with Crippen molar-refractivity contribution in [1.82, 2.24) is 10.2 Å². The van der Waals surface area contributed by atoms with E-state index in [1.165, 1.54) is 0 Å². The van der Waals surface area contributed by atoms with Gasteiger partial charge in [0.15, 0.2) is 0 Å². The molecule has 0 saturated carbocycles. The van der Waals surface area contributed by atoms with Gasteiger partial charge in [-0.15, -0.1) is 0 Å². The average molecular weight is 275 g/mol. The molecule has 1 aliphatic rings. The largest absolute Gasteiger partial charge is 0.326 e. The summed E-state index contributed by atoms with van der Waals surface area (Å²) in [6, 6.07) is 10.2. The molecule has 1 amide bonds. The van der Waals surface area contributed by atoms with Crippen molar-refractivity contribution in [3.63, 3.8) is 0 Å². The summed E-state index contributed by atoms with van der Waals surface area (Å²) < 4.78 is 0. The first kappa shape index (κ1) is 15.0. The molecule has 1 heterocycles. The molecule has 0 aliphatic carbocycles. The minimum absolute atomic E-state index is 0.0708. The van der Waals surface area contributed by atoms with Crippen LogP contribution in [0.2, 0.25) is 0 Å². The second-order valence-electron chi connectivity index (χ2n) is 6.27. The first-order valence-corrected chi connectivity index (χ1v) is 7.26. The van der Waals surface area contributed by atoms with E-state index >= 15 is 0 Å². The summed E-state index contributed by atoms with van der Waals surface area (Å²) in [6.07, 6.45) is 1.16. The van der Waals surface area contributed by atoms with Gasteiger partial charge in [-0.1, -0.05) is 18.2 Å². The van der Waals surface area contributed by atoms with Crippen molar-refractivity contribution < 1.29 is 4.79 Å². The van der Waals surface area contributed by atoms with Crippen LogP contribution in [0.25, 0.3) is 0 Å². The van der Waals surface area contributed by atoms with Gasteiger partial charge in [0.05, 0.1) is 5.41 Å². The van der Waals surface area contributed by atoms with Crippen LogP contribution in [0, 0.1) is 5.41 Å². The molecule has 2 rings (SSSR count). The van der Waals surface area contributed by atoms with Gasteiger partial charge in [0.25, 0.3) is 0 Å². The van der Waals surface area contributed by atoms with Gasteiger partial charge in [0.2, 0.25) is 5.91 Å². The zero-order valence-electron chi connectivity index (χ0n) is 12.6. The Balaban J connectivity index is 1.93. The SMILES string of the molecule is CN(CC(C)(C)C(=O)Nc1ccccc1)C1CCNC1. The quantitative estimate of drug-likeness (QED) is 0.863. The Morgan fingerprint density at radius 3 is 2.70 bits per heavy atom. The Kier molecular flexibility index (Phi) is 4.78. The van der Waals surface area contributed by atoms with Crippen molar-refractivity contribution in [2.24, 2.45) is 5.41 Å². The van der Waals surface area contributed by atoms with Crippen molar-refractivity contribution in [3.8, 4) is 0 Å². The zero-order chi connectivity index (χ0) is 14.6. The molecule has 20 heavy (non-hydrogen) atoms. The molecule has 1 atom stereocenters. The minimum Gasteiger partial charge on any atom is -0.326 e. The maximum Gasteiger partial charge on any atom is 0.231 e. The summed E-state index contributed by atoms with van der Waals surface area (Å²) in [7, 11) is 2.11. The molecule has 1 aromatic carbocycles. The number of hydrogen-bond acceptors (Lipinski definition) is 3. The highest BCUT2D eigenvalue weighted by atomic mass is 16.2. The van der Waals surface area contributed by atoms with Crippen LogP contribution in [0.15, 0.2) is 30.3 Å². The standard InChI is InChI=1S/C16H25N3O/c1-16(2,12-19(3)14-9-10-17-11-14)15(20)18-13-7-5-4-6-8-13/h4-8,14,17H,9-12H2,1-3H3,(H,18,20). The summed E-state index contributed by atoms with van der Waals surface area (Å²) in [5, 5.41) is 6.36. The maximum atomic E-state index is 12.4. The van der Waals surface area contributed by atoms with Gasteiger partial charge >= 0.3 is 0 Å². The number of nitrogens with one attached hydrogen (secondary N) is 2. The second kappa shape index (κ2) is 6.37. The lowest BCUT2D eigenvalue weighted by atomic mass is 9.91. The average Bonchev–Trinajstić information content (AvgIpc) is 2.93. The summed E-state index contributed by atoms with van der Waals surface area (Å²) in [6.45, 7) is 6.87. The van der Waals surface area contributed by atoms with E-state index in [-0.39, 0.29) is 5.91 Å². The van der Waals surface area contributed by atoms with Crippen LogP contribution in [0.4, 0.5) is 5.69 Å². The topological polar surface area (TPSA) is 44.4 Å². The molecule has 2 N–H and O–H groups in total. The molecule has 4 nitrogen and oxygen atoms in total. The molecule has 1 aromatic rings. The molecule has 110 valence electrons. The number of carbonyl (C=O) groups excluding carboxylic acids is 1. The van der Waals surface area contributed by atoms with Crippen LogP contribution in [-0.2, 0) is 4.79 Å². The number of nitrogens with zero attached hydrogens (tertiary/aromatic N) is 1. The number of anilines is 1. The predicted octanol–water partition coefficient (Wildman–Crippen LogP) is 1.94. The lowest BCUT2D eigenvalue weighted by Crippen LogP contribution is -2.45. The fourth-order valence-electron chi connectivity index (χ4n) is 2.66. The third kappa shape index (κ3) is 3.81. The molecule has 1 saturated heterocycles. The molecule has 1 fully saturated rings. The molecule has 1 aliphatic heterocycles. The van der Waals surface area contributed by atoms with E-state index < -0.39 is 5.41 Å². The van der Waals surface area contributed by atoms with Gasteiger partial charge in [-0.05, 0) is 46.0 Å². The second-order valence-corrected chi connectivity index (χ2v) is 6.27. The third-order valence-corrected chi connectivity index (χ3v) is 3.95. The van der Waals surface area contributed by atoms with Crippen LogP contribution in [0.5, 0.6) is 0 Å².